The lowest BCUT2D eigenvalue weighted by Gasteiger charge is -2.24. The lowest BCUT2D eigenvalue weighted by atomic mass is 9.87. The van der Waals surface area contributed by atoms with Gasteiger partial charge in [-0.1, -0.05) is 86.4 Å². The van der Waals surface area contributed by atoms with E-state index in [0.29, 0.717) is 6.54 Å². The lowest BCUT2D eigenvalue weighted by Crippen LogP contribution is -2.27. The minimum Gasteiger partial charge on any atom is -0.369 e. The molecular formula is C20H24ClNO. The number of aliphatic hydroxyl groups is 1. The van der Waals surface area contributed by atoms with Gasteiger partial charge in [0.05, 0.1) is 6.54 Å². The minimum atomic E-state index is -1.27. The molecule has 0 fully saturated rings. The normalized spacial score (nSPS) is 10.6. The molecule has 0 radical (unpaired) electrons. The quantitative estimate of drug-likeness (QED) is 0.846. The molecule has 0 aliphatic heterocycles. The molecule has 2 aromatic rings. The van der Waals surface area contributed by atoms with Gasteiger partial charge in [0.2, 0.25) is 0 Å². The third-order valence-corrected chi connectivity index (χ3v) is 3.85. The molecule has 0 aliphatic carbocycles. The largest absolute Gasteiger partial charge is 0.369 e. The van der Waals surface area contributed by atoms with Crippen molar-refractivity contribution in [1.82, 2.24) is 4.90 Å². The fourth-order valence-electron chi connectivity index (χ4n) is 2.40. The van der Waals surface area contributed by atoms with Crippen LogP contribution in [-0.2, 0) is 5.60 Å². The smallest absolute Gasteiger partial charge is 0.176 e. The zero-order chi connectivity index (χ0) is 15.8. The highest BCUT2D eigenvalue weighted by atomic mass is 35.5. The molecule has 0 saturated carbocycles. The highest BCUT2D eigenvalue weighted by Gasteiger charge is 2.28. The summed E-state index contributed by atoms with van der Waals surface area (Å²) in [6.07, 6.45) is 0. The molecule has 0 saturated heterocycles. The highest BCUT2D eigenvalue weighted by molar-refractivity contribution is 5.85. The Bertz CT molecular complexity index is 587. The predicted octanol–water partition coefficient (Wildman–Crippen LogP) is 3.69. The van der Waals surface area contributed by atoms with Crippen LogP contribution in [-0.4, -0.2) is 29.6 Å². The lowest BCUT2D eigenvalue weighted by molar-refractivity contribution is 0.145. The maximum atomic E-state index is 11.2. The van der Waals surface area contributed by atoms with Crippen LogP contribution in [0.15, 0.2) is 60.7 Å². The summed E-state index contributed by atoms with van der Waals surface area (Å²) in [4.78, 5) is 2.23. The molecular weight excluding hydrogens is 306 g/mol. The third kappa shape index (κ3) is 4.84. The monoisotopic (exact) mass is 329 g/mol. The van der Waals surface area contributed by atoms with Gasteiger partial charge in [0.15, 0.2) is 5.60 Å². The molecule has 2 nitrogen and oxygen atoms in total. The molecule has 0 bridgehead atoms. The topological polar surface area (TPSA) is 23.5 Å². The Morgan fingerprint density at radius 1 is 0.870 bits per heavy atom. The summed E-state index contributed by atoms with van der Waals surface area (Å²) in [7, 11) is 0. The number of benzene rings is 2. The fraction of sp³-hybridized carbons (Fsp3) is 0.300. The second-order valence-electron chi connectivity index (χ2n) is 5.21. The van der Waals surface area contributed by atoms with Crippen LogP contribution >= 0.6 is 12.4 Å². The van der Waals surface area contributed by atoms with Crippen LogP contribution in [0.4, 0.5) is 0 Å². The van der Waals surface area contributed by atoms with Crippen LogP contribution in [0.25, 0.3) is 0 Å². The Morgan fingerprint density at radius 2 is 1.30 bits per heavy atom. The van der Waals surface area contributed by atoms with Crippen molar-refractivity contribution in [3.8, 4) is 11.8 Å². The van der Waals surface area contributed by atoms with Crippen LogP contribution in [0.2, 0.25) is 0 Å². The van der Waals surface area contributed by atoms with E-state index in [2.05, 4.69) is 30.6 Å². The first kappa shape index (κ1) is 19.3. The summed E-state index contributed by atoms with van der Waals surface area (Å²) in [5, 5.41) is 11.2. The number of rotatable bonds is 5. The van der Waals surface area contributed by atoms with Gasteiger partial charge in [-0.05, 0) is 13.1 Å². The zero-order valence-electron chi connectivity index (χ0n) is 13.7. The first-order valence-corrected chi connectivity index (χ1v) is 7.76. The van der Waals surface area contributed by atoms with Crippen molar-refractivity contribution in [2.45, 2.75) is 19.4 Å². The molecule has 0 heterocycles. The van der Waals surface area contributed by atoms with E-state index in [1.54, 1.807) is 0 Å². The molecule has 2 rings (SSSR count). The van der Waals surface area contributed by atoms with Gasteiger partial charge in [-0.25, -0.2) is 0 Å². The second kappa shape index (κ2) is 9.37. The van der Waals surface area contributed by atoms with Gasteiger partial charge >= 0.3 is 0 Å². The molecule has 0 unspecified atom stereocenters. The minimum absolute atomic E-state index is 0. The maximum absolute atomic E-state index is 11.2. The average Bonchev–Trinajstić information content (AvgIpc) is 2.60. The van der Waals surface area contributed by atoms with Crippen LogP contribution in [0.1, 0.15) is 25.0 Å². The summed E-state index contributed by atoms with van der Waals surface area (Å²) in [5.74, 6) is 6.24. The van der Waals surface area contributed by atoms with E-state index in [9.17, 15) is 5.11 Å². The summed E-state index contributed by atoms with van der Waals surface area (Å²) in [5.41, 5.74) is 0.330. The van der Waals surface area contributed by atoms with Gasteiger partial charge in [0.1, 0.15) is 0 Å². The second-order valence-corrected chi connectivity index (χ2v) is 5.21. The average molecular weight is 330 g/mol. The van der Waals surface area contributed by atoms with Crippen molar-refractivity contribution in [2.75, 3.05) is 19.6 Å². The predicted molar refractivity (Wildman–Crippen MR) is 98.7 cm³/mol. The van der Waals surface area contributed by atoms with Gasteiger partial charge < -0.3 is 5.11 Å². The number of hydrogen-bond acceptors (Lipinski definition) is 2. The van der Waals surface area contributed by atoms with E-state index in [1.165, 1.54) is 0 Å². The van der Waals surface area contributed by atoms with E-state index in [4.69, 9.17) is 0 Å². The molecule has 0 aromatic heterocycles. The SMILES string of the molecule is CCN(CC)CC#CC(O)(c1ccccc1)c1ccccc1.Cl. The summed E-state index contributed by atoms with van der Waals surface area (Å²) in [6.45, 7) is 6.81. The van der Waals surface area contributed by atoms with Crippen molar-refractivity contribution in [1.29, 1.82) is 0 Å². The fourth-order valence-corrected chi connectivity index (χ4v) is 2.40. The molecule has 23 heavy (non-hydrogen) atoms. The molecule has 1 N–H and O–H groups in total. The summed E-state index contributed by atoms with van der Waals surface area (Å²) in [6, 6.07) is 19.3. The van der Waals surface area contributed by atoms with Gasteiger partial charge in [-0.3, -0.25) is 4.90 Å². The first-order valence-electron chi connectivity index (χ1n) is 7.76. The standard InChI is InChI=1S/C20H23NO.ClH/c1-3-21(4-2)17-11-16-20(22,18-12-7-5-8-13-18)19-14-9-6-10-15-19;/h5-10,12-15,22H,3-4,17H2,1-2H3;1H. The van der Waals surface area contributed by atoms with Gasteiger partial charge in [-0.15, -0.1) is 12.4 Å². The van der Waals surface area contributed by atoms with Gasteiger partial charge in [0, 0.05) is 11.1 Å². The summed E-state index contributed by atoms with van der Waals surface area (Å²) < 4.78 is 0. The molecule has 0 atom stereocenters. The van der Waals surface area contributed by atoms with E-state index in [1.807, 2.05) is 60.7 Å². The van der Waals surface area contributed by atoms with Crippen molar-refractivity contribution in [2.24, 2.45) is 0 Å². The van der Waals surface area contributed by atoms with Gasteiger partial charge in [-0.2, -0.15) is 0 Å². The van der Waals surface area contributed by atoms with Crippen molar-refractivity contribution >= 4 is 12.4 Å². The van der Waals surface area contributed by atoms with Crippen molar-refractivity contribution in [3.05, 3.63) is 71.8 Å². The Balaban J connectivity index is 0.00000264. The molecule has 0 amide bonds. The third-order valence-electron chi connectivity index (χ3n) is 3.85. The van der Waals surface area contributed by atoms with E-state index in [-0.39, 0.29) is 12.4 Å². The van der Waals surface area contributed by atoms with E-state index in [0.717, 1.165) is 24.2 Å². The van der Waals surface area contributed by atoms with Crippen LogP contribution in [0, 0.1) is 11.8 Å². The Labute approximate surface area is 145 Å². The number of halogens is 1. The first-order chi connectivity index (χ1) is 10.7. The van der Waals surface area contributed by atoms with E-state index >= 15 is 0 Å². The van der Waals surface area contributed by atoms with Crippen molar-refractivity contribution < 1.29 is 5.11 Å². The van der Waals surface area contributed by atoms with Gasteiger partial charge in [0.25, 0.3) is 0 Å². The molecule has 0 aliphatic rings. The Morgan fingerprint density at radius 3 is 1.70 bits per heavy atom. The van der Waals surface area contributed by atoms with Crippen LogP contribution in [0.5, 0.6) is 0 Å². The molecule has 122 valence electrons. The van der Waals surface area contributed by atoms with Crippen molar-refractivity contribution in [3.63, 3.8) is 0 Å². The number of hydrogen-bond donors (Lipinski definition) is 1. The molecule has 2 aromatic carbocycles. The van der Waals surface area contributed by atoms with E-state index < -0.39 is 5.60 Å². The Kier molecular flexibility index (Phi) is 7.85. The highest BCUT2D eigenvalue weighted by Crippen LogP contribution is 2.28. The maximum Gasteiger partial charge on any atom is 0.176 e. The molecule has 3 heteroatoms. The Hall–Kier alpha value is -1.79. The number of nitrogens with zero attached hydrogens (tertiary/aromatic N) is 1. The van der Waals surface area contributed by atoms with Crippen LogP contribution < -0.4 is 0 Å². The summed E-state index contributed by atoms with van der Waals surface area (Å²) >= 11 is 0. The van der Waals surface area contributed by atoms with Crippen LogP contribution in [0.3, 0.4) is 0 Å². The zero-order valence-corrected chi connectivity index (χ0v) is 14.5. The molecule has 0 spiro atoms.